The van der Waals surface area contributed by atoms with Crippen molar-refractivity contribution in [1.82, 2.24) is 14.9 Å². The Kier molecular flexibility index (Phi) is 5.73. The van der Waals surface area contributed by atoms with Gasteiger partial charge >= 0.3 is 5.97 Å². The smallest absolute Gasteiger partial charge is 0.338 e. The van der Waals surface area contributed by atoms with Crippen LogP contribution in [0.25, 0.3) is 16.6 Å². The third kappa shape index (κ3) is 4.56. The summed E-state index contributed by atoms with van der Waals surface area (Å²) in [6.07, 6.45) is -0.925. The Morgan fingerprint density at radius 1 is 1.07 bits per heavy atom. The molecule has 30 heavy (non-hydrogen) atoms. The predicted molar refractivity (Wildman–Crippen MR) is 115 cm³/mol. The van der Waals surface area contributed by atoms with Crippen molar-refractivity contribution in [2.75, 3.05) is 0 Å². The molecule has 0 aliphatic heterocycles. The molecule has 0 unspecified atom stereocenters. The highest BCUT2D eigenvalue weighted by Crippen LogP contribution is 2.14. The van der Waals surface area contributed by atoms with Gasteiger partial charge in [-0.15, -0.1) is 0 Å². The van der Waals surface area contributed by atoms with Crippen molar-refractivity contribution in [3.8, 4) is 5.69 Å². The largest absolute Gasteiger partial charge is 0.449 e. The van der Waals surface area contributed by atoms with E-state index in [0.717, 1.165) is 0 Å². The van der Waals surface area contributed by atoms with E-state index in [0.29, 0.717) is 22.4 Å². The summed E-state index contributed by atoms with van der Waals surface area (Å²) in [6.45, 7) is 8.83. The Labute approximate surface area is 174 Å². The summed E-state index contributed by atoms with van der Waals surface area (Å²) in [7, 11) is 0. The second-order valence-electron chi connectivity index (χ2n) is 8.15. The number of carbonyl (C=O) groups is 2. The number of rotatable bonds is 4. The monoisotopic (exact) mass is 407 g/mol. The molecule has 7 nitrogen and oxygen atoms in total. The van der Waals surface area contributed by atoms with Gasteiger partial charge in [0.1, 0.15) is 5.82 Å². The van der Waals surface area contributed by atoms with Crippen LogP contribution in [0.1, 0.15) is 43.9 Å². The van der Waals surface area contributed by atoms with Crippen LogP contribution >= 0.6 is 0 Å². The van der Waals surface area contributed by atoms with Crippen molar-refractivity contribution in [3.05, 3.63) is 70.3 Å². The first-order chi connectivity index (χ1) is 14.1. The van der Waals surface area contributed by atoms with Crippen molar-refractivity contribution in [2.24, 2.45) is 0 Å². The summed E-state index contributed by atoms with van der Waals surface area (Å²) >= 11 is 0. The van der Waals surface area contributed by atoms with E-state index in [1.807, 2.05) is 26.8 Å². The summed E-state index contributed by atoms with van der Waals surface area (Å²) in [5, 5.41) is 3.29. The van der Waals surface area contributed by atoms with E-state index in [9.17, 15) is 14.4 Å². The Morgan fingerprint density at radius 3 is 2.33 bits per heavy atom. The van der Waals surface area contributed by atoms with Gasteiger partial charge in [-0.25, -0.2) is 9.78 Å². The molecule has 156 valence electrons. The van der Waals surface area contributed by atoms with Crippen molar-refractivity contribution in [1.29, 1.82) is 0 Å². The molecule has 0 saturated carbocycles. The van der Waals surface area contributed by atoms with E-state index in [1.54, 1.807) is 49.4 Å². The molecule has 3 rings (SSSR count). The average Bonchev–Trinajstić information content (AvgIpc) is 2.67. The van der Waals surface area contributed by atoms with Crippen LogP contribution in [0, 0.1) is 6.92 Å². The highest BCUT2D eigenvalue weighted by molar-refractivity contribution is 5.92. The van der Waals surface area contributed by atoms with Gasteiger partial charge in [0.15, 0.2) is 6.10 Å². The maximum atomic E-state index is 12.9. The van der Waals surface area contributed by atoms with E-state index in [2.05, 4.69) is 10.3 Å². The van der Waals surface area contributed by atoms with E-state index in [4.69, 9.17) is 4.74 Å². The minimum atomic E-state index is -0.925. The first-order valence-corrected chi connectivity index (χ1v) is 9.68. The fraction of sp³-hybridized carbons (Fsp3) is 0.304. The lowest BCUT2D eigenvalue weighted by Gasteiger charge is -2.23. The molecule has 0 bridgehead atoms. The number of carbonyl (C=O) groups excluding carboxylic acids is 2. The highest BCUT2D eigenvalue weighted by Gasteiger charge is 2.23. The number of benzene rings is 2. The van der Waals surface area contributed by atoms with Crippen molar-refractivity contribution in [3.63, 3.8) is 0 Å². The van der Waals surface area contributed by atoms with Crippen LogP contribution in [0.2, 0.25) is 0 Å². The maximum Gasteiger partial charge on any atom is 0.338 e. The summed E-state index contributed by atoms with van der Waals surface area (Å²) in [6, 6.07) is 13.6. The SMILES string of the molecule is Cc1nc2ccccc2c(=O)n1-c1ccc(C(=O)O[C@H](C)C(=O)NC(C)(C)C)cc1. The number of aromatic nitrogens is 2. The van der Waals surface area contributed by atoms with Crippen LogP contribution in [0.15, 0.2) is 53.3 Å². The predicted octanol–water partition coefficient (Wildman–Crippen LogP) is 3.15. The lowest BCUT2D eigenvalue weighted by atomic mass is 10.1. The summed E-state index contributed by atoms with van der Waals surface area (Å²) in [5.41, 5.74) is 0.914. The number of hydrogen-bond donors (Lipinski definition) is 1. The third-order valence-corrected chi connectivity index (χ3v) is 4.46. The first-order valence-electron chi connectivity index (χ1n) is 9.68. The maximum absolute atomic E-state index is 12.9. The zero-order valence-electron chi connectivity index (χ0n) is 17.7. The second kappa shape index (κ2) is 8.10. The van der Waals surface area contributed by atoms with Crippen molar-refractivity contribution in [2.45, 2.75) is 46.3 Å². The fourth-order valence-electron chi connectivity index (χ4n) is 3.05. The van der Waals surface area contributed by atoms with Gasteiger partial charge in [-0.05, 0) is 71.0 Å². The number of ether oxygens (including phenoxy) is 1. The molecule has 1 amide bonds. The summed E-state index contributed by atoms with van der Waals surface area (Å²) < 4.78 is 6.76. The van der Waals surface area contributed by atoms with Crippen LogP contribution in [0.3, 0.4) is 0 Å². The molecule has 1 N–H and O–H groups in total. The van der Waals surface area contributed by atoms with Gasteiger partial charge in [-0.3, -0.25) is 14.2 Å². The zero-order chi connectivity index (χ0) is 22.1. The van der Waals surface area contributed by atoms with Crippen LogP contribution in [-0.2, 0) is 9.53 Å². The van der Waals surface area contributed by atoms with E-state index in [1.165, 1.54) is 11.5 Å². The standard InChI is InChI=1S/C23H25N3O4/c1-14(20(27)25-23(3,4)5)30-22(29)16-10-12-17(13-11-16)26-15(2)24-19-9-7-6-8-18(19)21(26)28/h6-14H,1-5H3,(H,25,27)/t14-/m1/s1. The van der Waals surface area contributed by atoms with E-state index in [-0.39, 0.29) is 17.0 Å². The minimum absolute atomic E-state index is 0.180. The molecular formula is C23H25N3O4. The van der Waals surface area contributed by atoms with Gasteiger partial charge in [0.2, 0.25) is 0 Å². The summed E-state index contributed by atoms with van der Waals surface area (Å²) in [5.74, 6) is -0.433. The Balaban J connectivity index is 1.82. The number of amides is 1. The molecule has 0 aliphatic rings. The van der Waals surface area contributed by atoms with Crippen LogP contribution in [0.4, 0.5) is 0 Å². The number of para-hydroxylation sites is 1. The number of esters is 1. The number of aryl methyl sites for hydroxylation is 1. The number of nitrogens with zero attached hydrogens (tertiary/aromatic N) is 2. The molecule has 0 spiro atoms. The second-order valence-corrected chi connectivity index (χ2v) is 8.15. The number of fused-ring (bicyclic) bond motifs is 1. The fourth-order valence-corrected chi connectivity index (χ4v) is 3.05. The molecule has 1 aromatic heterocycles. The molecular weight excluding hydrogens is 382 g/mol. The molecule has 7 heteroatoms. The Morgan fingerprint density at radius 2 is 1.70 bits per heavy atom. The molecule has 0 fully saturated rings. The number of nitrogens with one attached hydrogen (secondary N) is 1. The van der Waals surface area contributed by atoms with Crippen LogP contribution < -0.4 is 10.9 Å². The Bertz CT molecular complexity index is 1160. The van der Waals surface area contributed by atoms with Gasteiger partial charge in [-0.1, -0.05) is 12.1 Å². The van der Waals surface area contributed by atoms with Crippen molar-refractivity contribution >= 4 is 22.8 Å². The van der Waals surface area contributed by atoms with E-state index < -0.39 is 17.6 Å². The third-order valence-electron chi connectivity index (χ3n) is 4.46. The average molecular weight is 407 g/mol. The van der Waals surface area contributed by atoms with Gasteiger partial charge in [0.25, 0.3) is 11.5 Å². The molecule has 2 aromatic carbocycles. The Hall–Kier alpha value is -3.48. The van der Waals surface area contributed by atoms with Crippen molar-refractivity contribution < 1.29 is 14.3 Å². The topological polar surface area (TPSA) is 90.3 Å². The molecule has 0 saturated heterocycles. The zero-order valence-corrected chi connectivity index (χ0v) is 17.7. The lowest BCUT2D eigenvalue weighted by molar-refractivity contribution is -0.130. The normalized spacial score (nSPS) is 12.4. The first kappa shape index (κ1) is 21.2. The van der Waals surface area contributed by atoms with Gasteiger partial charge in [0, 0.05) is 5.54 Å². The molecule has 1 atom stereocenters. The molecule has 0 aliphatic carbocycles. The quantitative estimate of drug-likeness (QED) is 0.671. The van der Waals surface area contributed by atoms with Gasteiger partial charge in [0.05, 0.1) is 22.2 Å². The highest BCUT2D eigenvalue weighted by atomic mass is 16.5. The van der Waals surface area contributed by atoms with Crippen LogP contribution in [0.5, 0.6) is 0 Å². The minimum Gasteiger partial charge on any atom is -0.449 e. The molecule has 0 radical (unpaired) electrons. The van der Waals surface area contributed by atoms with Gasteiger partial charge < -0.3 is 10.1 Å². The van der Waals surface area contributed by atoms with Crippen LogP contribution in [-0.4, -0.2) is 33.1 Å². The summed E-state index contributed by atoms with van der Waals surface area (Å²) in [4.78, 5) is 41.9. The number of hydrogen-bond acceptors (Lipinski definition) is 5. The lowest BCUT2D eigenvalue weighted by Crippen LogP contribution is -2.46. The molecule has 3 aromatic rings. The van der Waals surface area contributed by atoms with E-state index >= 15 is 0 Å². The molecule has 1 heterocycles. The van der Waals surface area contributed by atoms with Gasteiger partial charge in [-0.2, -0.15) is 0 Å².